The lowest BCUT2D eigenvalue weighted by molar-refractivity contribution is -0.137. The summed E-state index contributed by atoms with van der Waals surface area (Å²) in [5.74, 6) is 0.0830. The molecule has 1 saturated heterocycles. The number of nitrogens with zero attached hydrogens (tertiary/aromatic N) is 3. The van der Waals surface area contributed by atoms with E-state index in [1.807, 2.05) is 4.90 Å². The van der Waals surface area contributed by atoms with Crippen molar-refractivity contribution in [1.82, 2.24) is 9.97 Å². The number of anilines is 2. The minimum Gasteiger partial charge on any atom is -0.381 e. The molecular formula is C23H28F4N4O. The molecule has 4 rings (SSSR count). The van der Waals surface area contributed by atoms with Gasteiger partial charge in [0.2, 0.25) is 5.82 Å². The lowest BCUT2D eigenvalue weighted by Crippen LogP contribution is -2.32. The van der Waals surface area contributed by atoms with Gasteiger partial charge in [-0.3, -0.25) is 0 Å². The van der Waals surface area contributed by atoms with Crippen LogP contribution in [0.2, 0.25) is 0 Å². The van der Waals surface area contributed by atoms with Gasteiger partial charge in [-0.25, -0.2) is 9.97 Å². The van der Waals surface area contributed by atoms with Crippen LogP contribution in [-0.2, 0) is 10.9 Å². The van der Waals surface area contributed by atoms with Gasteiger partial charge in [0.25, 0.3) is 0 Å². The molecule has 3 unspecified atom stereocenters. The van der Waals surface area contributed by atoms with Crippen LogP contribution in [0.3, 0.4) is 0 Å². The summed E-state index contributed by atoms with van der Waals surface area (Å²) in [5.41, 5.74) is 0.0238. The summed E-state index contributed by atoms with van der Waals surface area (Å²) in [5, 5.41) is 3.13. The highest BCUT2D eigenvalue weighted by Gasteiger charge is 2.33. The maximum Gasteiger partial charge on any atom is 0.416 e. The average molecular weight is 452 g/mol. The zero-order valence-electron chi connectivity index (χ0n) is 18.0. The predicted octanol–water partition coefficient (Wildman–Crippen LogP) is 5.59. The Labute approximate surface area is 185 Å². The summed E-state index contributed by atoms with van der Waals surface area (Å²) >= 11 is 0. The second kappa shape index (κ2) is 9.60. The van der Waals surface area contributed by atoms with Gasteiger partial charge in [-0.2, -0.15) is 17.6 Å². The summed E-state index contributed by atoms with van der Waals surface area (Å²) < 4.78 is 59.6. The number of hydrogen-bond acceptors (Lipinski definition) is 5. The molecule has 32 heavy (non-hydrogen) atoms. The summed E-state index contributed by atoms with van der Waals surface area (Å²) in [6.07, 6.45) is 2.92. The Morgan fingerprint density at radius 1 is 1.06 bits per heavy atom. The minimum absolute atomic E-state index is 0.147. The molecule has 2 heterocycles. The van der Waals surface area contributed by atoms with Crippen LogP contribution in [0.4, 0.5) is 29.2 Å². The third kappa shape index (κ3) is 4.82. The van der Waals surface area contributed by atoms with E-state index in [4.69, 9.17) is 4.74 Å². The smallest absolute Gasteiger partial charge is 0.381 e. The van der Waals surface area contributed by atoms with E-state index in [2.05, 4.69) is 15.3 Å². The van der Waals surface area contributed by atoms with Crippen LogP contribution >= 0.6 is 0 Å². The quantitative estimate of drug-likeness (QED) is 0.579. The van der Waals surface area contributed by atoms with Gasteiger partial charge in [0.1, 0.15) is 6.33 Å². The van der Waals surface area contributed by atoms with Crippen LogP contribution < -0.4 is 10.2 Å². The molecule has 1 aromatic heterocycles. The first-order valence-corrected chi connectivity index (χ1v) is 11.1. The molecule has 2 fully saturated rings. The van der Waals surface area contributed by atoms with Crippen molar-refractivity contribution < 1.29 is 22.3 Å². The maximum atomic E-state index is 15.4. The first kappa shape index (κ1) is 22.8. The van der Waals surface area contributed by atoms with Gasteiger partial charge in [-0.15, -0.1) is 0 Å². The Hall–Kier alpha value is -2.42. The van der Waals surface area contributed by atoms with Crippen molar-refractivity contribution in [2.45, 2.75) is 56.8 Å². The van der Waals surface area contributed by atoms with Crippen LogP contribution in [0.1, 0.15) is 55.7 Å². The van der Waals surface area contributed by atoms with E-state index in [9.17, 15) is 13.2 Å². The van der Waals surface area contributed by atoms with Crippen LogP contribution in [0, 0.1) is 11.7 Å². The molecule has 1 aromatic carbocycles. The lowest BCUT2D eigenvalue weighted by Gasteiger charge is -2.31. The molecule has 0 spiro atoms. The van der Waals surface area contributed by atoms with Gasteiger partial charge < -0.3 is 15.0 Å². The molecule has 174 valence electrons. The number of hydrogen-bond donors (Lipinski definition) is 1. The molecule has 2 aromatic rings. The number of halogens is 4. The molecule has 1 saturated carbocycles. The predicted molar refractivity (Wildman–Crippen MR) is 114 cm³/mol. The molecule has 5 nitrogen and oxygen atoms in total. The van der Waals surface area contributed by atoms with Crippen molar-refractivity contribution in [3.05, 3.63) is 47.5 Å². The minimum atomic E-state index is -4.38. The highest BCUT2D eigenvalue weighted by molar-refractivity contribution is 5.53. The van der Waals surface area contributed by atoms with E-state index >= 15 is 4.39 Å². The molecule has 0 radical (unpaired) electrons. The fourth-order valence-electron chi connectivity index (χ4n) is 4.89. The molecule has 3 atom stereocenters. The molecule has 1 aliphatic carbocycles. The van der Waals surface area contributed by atoms with Crippen LogP contribution in [0.25, 0.3) is 0 Å². The maximum absolute atomic E-state index is 15.4. The van der Waals surface area contributed by atoms with Gasteiger partial charge in [0.05, 0.1) is 17.7 Å². The summed E-state index contributed by atoms with van der Waals surface area (Å²) in [7, 11) is 1.71. The Balaban J connectivity index is 1.50. The highest BCUT2D eigenvalue weighted by Crippen LogP contribution is 2.38. The van der Waals surface area contributed by atoms with Crippen LogP contribution in [-0.4, -0.2) is 36.3 Å². The molecule has 0 bridgehead atoms. The second-order valence-electron chi connectivity index (χ2n) is 8.53. The van der Waals surface area contributed by atoms with Gasteiger partial charge in [0, 0.05) is 26.1 Å². The first-order chi connectivity index (χ1) is 15.4. The van der Waals surface area contributed by atoms with Gasteiger partial charge in [-0.05, 0) is 43.4 Å². The topological polar surface area (TPSA) is 50.3 Å². The molecule has 2 aliphatic rings. The monoisotopic (exact) mass is 452 g/mol. The van der Waals surface area contributed by atoms with Crippen molar-refractivity contribution in [2.24, 2.45) is 5.92 Å². The number of benzene rings is 1. The van der Waals surface area contributed by atoms with Gasteiger partial charge in [0.15, 0.2) is 11.6 Å². The Kier molecular flexibility index (Phi) is 6.83. The standard InChI is InChI=1S/C23H28F4N4O/c1-32-19-7-3-2-5-16(19)13-28-21-20(24)22(30-14-29-21)31-12-4-6-18(31)15-8-10-17(11-9-15)23(25,26)27/h8-11,14,16,18-19H,2-7,12-13H2,1H3,(H,28,29,30). The third-order valence-corrected chi connectivity index (χ3v) is 6.59. The van der Waals surface area contributed by atoms with E-state index in [0.29, 0.717) is 24.6 Å². The number of rotatable bonds is 6. The molecule has 1 N–H and O–H groups in total. The van der Waals surface area contributed by atoms with Crippen LogP contribution in [0.5, 0.6) is 0 Å². The van der Waals surface area contributed by atoms with Crippen LogP contribution in [0.15, 0.2) is 30.6 Å². The number of ether oxygens (including phenoxy) is 1. The van der Waals surface area contributed by atoms with Crippen molar-refractivity contribution in [3.63, 3.8) is 0 Å². The van der Waals surface area contributed by atoms with E-state index in [1.54, 1.807) is 7.11 Å². The SMILES string of the molecule is COC1CCCCC1CNc1ncnc(N2CCCC2c2ccc(C(F)(F)F)cc2)c1F. The first-order valence-electron chi connectivity index (χ1n) is 11.1. The summed E-state index contributed by atoms with van der Waals surface area (Å²) in [4.78, 5) is 10.1. The van der Waals surface area contributed by atoms with E-state index in [0.717, 1.165) is 50.7 Å². The Morgan fingerprint density at radius 3 is 2.53 bits per heavy atom. The Bertz CT molecular complexity index is 906. The fourth-order valence-corrected chi connectivity index (χ4v) is 4.89. The summed E-state index contributed by atoms with van der Waals surface area (Å²) in [6, 6.07) is 4.86. The zero-order valence-corrected chi connectivity index (χ0v) is 18.0. The van der Waals surface area contributed by atoms with Gasteiger partial charge >= 0.3 is 6.18 Å². The fraction of sp³-hybridized carbons (Fsp3) is 0.565. The van der Waals surface area contributed by atoms with Crippen molar-refractivity contribution in [1.29, 1.82) is 0 Å². The molecular weight excluding hydrogens is 424 g/mol. The van der Waals surface area contributed by atoms with E-state index < -0.39 is 17.6 Å². The zero-order chi connectivity index (χ0) is 22.7. The van der Waals surface area contributed by atoms with Crippen molar-refractivity contribution in [3.8, 4) is 0 Å². The number of alkyl halides is 3. The molecule has 9 heteroatoms. The molecule has 0 amide bonds. The largest absolute Gasteiger partial charge is 0.416 e. The van der Waals surface area contributed by atoms with Crippen molar-refractivity contribution >= 4 is 11.6 Å². The lowest BCUT2D eigenvalue weighted by atomic mass is 9.86. The number of nitrogens with one attached hydrogen (secondary N) is 1. The normalized spacial score (nSPS) is 24.0. The van der Waals surface area contributed by atoms with Gasteiger partial charge in [-0.1, -0.05) is 25.0 Å². The Morgan fingerprint density at radius 2 is 1.81 bits per heavy atom. The number of aromatic nitrogens is 2. The highest BCUT2D eigenvalue weighted by atomic mass is 19.4. The molecule has 1 aliphatic heterocycles. The third-order valence-electron chi connectivity index (χ3n) is 6.59. The van der Waals surface area contributed by atoms with E-state index in [1.165, 1.54) is 18.5 Å². The second-order valence-corrected chi connectivity index (χ2v) is 8.53. The summed E-state index contributed by atoms with van der Waals surface area (Å²) in [6.45, 7) is 1.14. The van der Waals surface area contributed by atoms with E-state index in [-0.39, 0.29) is 23.8 Å². The number of methoxy groups -OCH3 is 1. The van der Waals surface area contributed by atoms with Crippen molar-refractivity contribution in [2.75, 3.05) is 30.4 Å². The average Bonchev–Trinajstić information content (AvgIpc) is 3.28.